The van der Waals surface area contributed by atoms with Gasteiger partial charge in [0.2, 0.25) is 0 Å². The van der Waals surface area contributed by atoms with Gasteiger partial charge >= 0.3 is 5.97 Å². The third-order valence-electron chi connectivity index (χ3n) is 3.09. The van der Waals surface area contributed by atoms with Crippen LogP contribution in [0.15, 0.2) is 42.5 Å². The molecule has 3 rings (SSSR count). The summed E-state index contributed by atoms with van der Waals surface area (Å²) < 4.78 is 6.91. The Kier molecular flexibility index (Phi) is 2.87. The fourth-order valence-electron chi connectivity index (χ4n) is 2.24. The van der Waals surface area contributed by atoms with Gasteiger partial charge in [0.25, 0.3) is 0 Å². The lowest BCUT2D eigenvalue weighted by molar-refractivity contribution is 0.0606. The van der Waals surface area contributed by atoms with Crippen LogP contribution in [-0.4, -0.2) is 17.6 Å². The summed E-state index contributed by atoms with van der Waals surface area (Å²) in [4.78, 5) is 12.1. The maximum Gasteiger partial charge on any atom is 0.348 e. The molecule has 19 heavy (non-hydrogen) atoms. The van der Waals surface area contributed by atoms with Crippen LogP contribution >= 0.6 is 11.3 Å². The highest BCUT2D eigenvalue weighted by molar-refractivity contribution is 7.16. The number of methoxy groups -OCH3 is 1. The summed E-state index contributed by atoms with van der Waals surface area (Å²) in [6.45, 7) is 2.07. The van der Waals surface area contributed by atoms with E-state index in [1.54, 1.807) is 6.07 Å². The second kappa shape index (κ2) is 4.55. The van der Waals surface area contributed by atoms with Crippen molar-refractivity contribution in [2.45, 2.75) is 6.92 Å². The van der Waals surface area contributed by atoms with Crippen molar-refractivity contribution in [2.75, 3.05) is 7.11 Å². The lowest BCUT2D eigenvalue weighted by Gasteiger charge is -2.04. The third-order valence-corrected chi connectivity index (χ3v) is 4.14. The quantitative estimate of drug-likeness (QED) is 0.664. The highest BCUT2D eigenvalue weighted by atomic mass is 32.1. The van der Waals surface area contributed by atoms with E-state index in [9.17, 15) is 4.79 Å². The number of hydrogen-bond acceptors (Lipinski definition) is 3. The molecule has 0 aliphatic heterocycles. The minimum atomic E-state index is -0.287. The summed E-state index contributed by atoms with van der Waals surface area (Å²) in [6, 6.07) is 14.1. The molecule has 96 valence electrons. The largest absolute Gasteiger partial charge is 0.465 e. The highest BCUT2D eigenvalue weighted by Crippen LogP contribution is 2.28. The van der Waals surface area contributed by atoms with E-state index in [1.165, 1.54) is 23.8 Å². The van der Waals surface area contributed by atoms with Gasteiger partial charge in [0.05, 0.1) is 12.6 Å². The Balaban J connectivity index is 2.16. The van der Waals surface area contributed by atoms with Crippen molar-refractivity contribution in [3.05, 3.63) is 53.0 Å². The zero-order valence-electron chi connectivity index (χ0n) is 10.7. The molecule has 0 radical (unpaired) electrons. The minimum absolute atomic E-state index is 0.287. The van der Waals surface area contributed by atoms with Crippen molar-refractivity contribution >= 4 is 28.2 Å². The van der Waals surface area contributed by atoms with Crippen molar-refractivity contribution in [1.29, 1.82) is 0 Å². The summed E-state index contributed by atoms with van der Waals surface area (Å²) in [5, 5.41) is 2.23. The van der Waals surface area contributed by atoms with Gasteiger partial charge in [0.1, 0.15) is 9.88 Å². The first kappa shape index (κ1) is 12.0. The van der Waals surface area contributed by atoms with Crippen molar-refractivity contribution in [3.8, 4) is 5.00 Å². The van der Waals surface area contributed by atoms with Crippen molar-refractivity contribution in [1.82, 2.24) is 4.57 Å². The molecule has 0 fully saturated rings. The second-order valence-electron chi connectivity index (χ2n) is 4.31. The van der Waals surface area contributed by atoms with Crippen LogP contribution in [0.25, 0.3) is 15.9 Å². The van der Waals surface area contributed by atoms with Crippen LogP contribution in [-0.2, 0) is 4.74 Å². The van der Waals surface area contributed by atoms with E-state index in [1.807, 2.05) is 18.2 Å². The van der Waals surface area contributed by atoms with E-state index in [4.69, 9.17) is 4.74 Å². The number of hydrogen-bond donors (Lipinski definition) is 0. The van der Waals surface area contributed by atoms with Crippen LogP contribution in [0.5, 0.6) is 0 Å². The summed E-state index contributed by atoms with van der Waals surface area (Å²) in [6.07, 6.45) is 0. The molecule has 0 saturated heterocycles. The minimum Gasteiger partial charge on any atom is -0.465 e. The Morgan fingerprint density at radius 2 is 2.00 bits per heavy atom. The number of nitrogens with zero attached hydrogens (tertiary/aromatic N) is 1. The molecule has 0 bridgehead atoms. The van der Waals surface area contributed by atoms with E-state index in [-0.39, 0.29) is 5.97 Å². The molecule has 1 aromatic carbocycles. The zero-order chi connectivity index (χ0) is 13.4. The highest BCUT2D eigenvalue weighted by Gasteiger charge is 2.13. The number of aromatic nitrogens is 1. The molecule has 2 aromatic heterocycles. The van der Waals surface area contributed by atoms with Crippen molar-refractivity contribution < 1.29 is 9.53 Å². The first-order valence-electron chi connectivity index (χ1n) is 5.96. The van der Waals surface area contributed by atoms with Gasteiger partial charge in [-0.15, -0.1) is 11.3 Å². The molecular weight excluding hydrogens is 258 g/mol. The molecule has 0 aliphatic carbocycles. The van der Waals surface area contributed by atoms with Gasteiger partial charge < -0.3 is 9.30 Å². The Morgan fingerprint density at radius 1 is 1.21 bits per heavy atom. The number of aryl methyl sites for hydroxylation is 1. The van der Waals surface area contributed by atoms with E-state index in [0.717, 1.165) is 16.2 Å². The normalized spacial score (nSPS) is 10.8. The number of esters is 1. The predicted molar refractivity (Wildman–Crippen MR) is 77.2 cm³/mol. The molecule has 4 heteroatoms. The van der Waals surface area contributed by atoms with Gasteiger partial charge in [-0.3, -0.25) is 0 Å². The number of thiophene rings is 1. The Morgan fingerprint density at radius 3 is 2.79 bits per heavy atom. The first-order chi connectivity index (χ1) is 9.20. The van der Waals surface area contributed by atoms with Crippen LogP contribution in [0.4, 0.5) is 0 Å². The molecule has 0 spiro atoms. The van der Waals surface area contributed by atoms with Gasteiger partial charge in [-0.25, -0.2) is 4.79 Å². The van der Waals surface area contributed by atoms with Gasteiger partial charge in [0, 0.05) is 11.1 Å². The van der Waals surface area contributed by atoms with Gasteiger partial charge in [0.15, 0.2) is 0 Å². The van der Waals surface area contributed by atoms with Crippen LogP contribution in [0, 0.1) is 6.92 Å². The van der Waals surface area contributed by atoms with E-state index in [2.05, 4.69) is 29.7 Å². The zero-order valence-corrected chi connectivity index (χ0v) is 11.5. The number of benzene rings is 1. The number of fused-ring (bicyclic) bond motifs is 1. The fourth-order valence-corrected chi connectivity index (χ4v) is 3.24. The summed E-state index contributed by atoms with van der Waals surface area (Å²) in [5.41, 5.74) is 2.30. The first-order valence-corrected chi connectivity index (χ1v) is 6.78. The topological polar surface area (TPSA) is 31.2 Å². The van der Waals surface area contributed by atoms with Crippen LogP contribution in [0.1, 0.15) is 15.4 Å². The Labute approximate surface area is 115 Å². The number of carbonyl (C=O) groups excluding carboxylic acids is 1. The molecule has 0 atom stereocenters. The number of para-hydroxylation sites is 1. The average Bonchev–Trinajstić information content (AvgIpc) is 3.00. The van der Waals surface area contributed by atoms with E-state index < -0.39 is 0 Å². The van der Waals surface area contributed by atoms with Crippen LogP contribution in [0.2, 0.25) is 0 Å². The number of carbonyl (C=O) groups is 1. The summed E-state index contributed by atoms with van der Waals surface area (Å²) in [5.74, 6) is -0.287. The van der Waals surface area contributed by atoms with Crippen molar-refractivity contribution in [2.24, 2.45) is 0 Å². The van der Waals surface area contributed by atoms with Crippen LogP contribution < -0.4 is 0 Å². The van der Waals surface area contributed by atoms with E-state index >= 15 is 0 Å². The number of rotatable bonds is 2. The third kappa shape index (κ3) is 1.94. The van der Waals surface area contributed by atoms with Gasteiger partial charge in [-0.1, -0.05) is 18.2 Å². The molecule has 0 saturated carbocycles. The summed E-state index contributed by atoms with van der Waals surface area (Å²) >= 11 is 1.44. The lowest BCUT2D eigenvalue weighted by Crippen LogP contribution is -1.97. The van der Waals surface area contributed by atoms with Gasteiger partial charge in [-0.05, 0) is 31.2 Å². The maximum absolute atomic E-state index is 11.5. The number of ether oxygens (including phenoxy) is 1. The Hall–Kier alpha value is -2.07. The maximum atomic E-state index is 11.5. The molecule has 3 aromatic rings. The lowest BCUT2D eigenvalue weighted by atomic mass is 10.2. The standard InChI is InChI=1S/C15H13NO2S/c1-10-9-11-5-3-4-6-12(11)16(10)14-8-7-13(19-14)15(17)18-2/h3-9H,1-2H3. The monoisotopic (exact) mass is 271 g/mol. The molecular formula is C15H13NO2S. The van der Waals surface area contributed by atoms with Crippen molar-refractivity contribution in [3.63, 3.8) is 0 Å². The molecule has 0 aliphatic rings. The van der Waals surface area contributed by atoms with E-state index in [0.29, 0.717) is 4.88 Å². The van der Waals surface area contributed by atoms with Crippen LogP contribution in [0.3, 0.4) is 0 Å². The second-order valence-corrected chi connectivity index (χ2v) is 5.37. The molecule has 0 N–H and O–H groups in total. The fraction of sp³-hybridized carbons (Fsp3) is 0.133. The molecule has 0 unspecified atom stereocenters. The molecule has 0 amide bonds. The summed E-state index contributed by atoms with van der Waals surface area (Å²) in [7, 11) is 1.40. The average molecular weight is 271 g/mol. The smallest absolute Gasteiger partial charge is 0.348 e. The molecule has 2 heterocycles. The van der Waals surface area contributed by atoms with Gasteiger partial charge in [-0.2, -0.15) is 0 Å². The molecule has 3 nitrogen and oxygen atoms in total. The predicted octanol–water partition coefficient (Wildman–Crippen LogP) is 3.79. The SMILES string of the molecule is COC(=O)c1ccc(-n2c(C)cc3ccccc32)s1. The Bertz CT molecular complexity index is 754.